The standard InChI is InChI=1S/C25H23N5O2S/c1-5-21(31)30-12-19-22-24(27-13-28-25(22)33-23(19)16(30)4)29-17-7-9-20(14(2)10-17)32-18-8-6-15(3)26-11-18/h5-11,13,16H,1,12H2,2-4H3,(H,27,28,29)/t16-/m1/s1. The van der Waals surface area contributed by atoms with E-state index in [-0.39, 0.29) is 11.9 Å². The third-order valence-corrected chi connectivity index (χ3v) is 7.11. The lowest BCUT2D eigenvalue weighted by Gasteiger charge is -2.20. The van der Waals surface area contributed by atoms with Crippen molar-refractivity contribution in [3.63, 3.8) is 0 Å². The van der Waals surface area contributed by atoms with E-state index >= 15 is 0 Å². The summed E-state index contributed by atoms with van der Waals surface area (Å²) in [6.45, 7) is 10.1. The lowest BCUT2D eigenvalue weighted by molar-refractivity contribution is -0.127. The third kappa shape index (κ3) is 3.82. The first kappa shape index (κ1) is 21.1. The lowest BCUT2D eigenvalue weighted by Crippen LogP contribution is -2.26. The highest BCUT2D eigenvalue weighted by molar-refractivity contribution is 7.19. The summed E-state index contributed by atoms with van der Waals surface area (Å²) in [4.78, 5) is 29.4. The van der Waals surface area contributed by atoms with E-state index in [0.29, 0.717) is 12.3 Å². The molecule has 0 fully saturated rings. The van der Waals surface area contributed by atoms with Crippen LogP contribution in [0.5, 0.6) is 11.5 Å². The molecule has 166 valence electrons. The van der Waals surface area contributed by atoms with Gasteiger partial charge < -0.3 is 15.0 Å². The van der Waals surface area contributed by atoms with Gasteiger partial charge in [0.25, 0.3) is 0 Å². The summed E-state index contributed by atoms with van der Waals surface area (Å²) in [6, 6.07) is 9.73. The van der Waals surface area contributed by atoms with E-state index in [0.717, 1.165) is 49.2 Å². The molecule has 0 radical (unpaired) electrons. The summed E-state index contributed by atoms with van der Waals surface area (Å²) in [5, 5.41) is 4.40. The molecule has 0 saturated heterocycles. The predicted molar refractivity (Wildman–Crippen MR) is 130 cm³/mol. The Morgan fingerprint density at radius 1 is 1.24 bits per heavy atom. The summed E-state index contributed by atoms with van der Waals surface area (Å²) in [6.07, 6.45) is 4.66. The fraction of sp³-hybridized carbons (Fsp3) is 0.200. The van der Waals surface area contributed by atoms with Crippen LogP contribution in [0.1, 0.15) is 34.7 Å². The zero-order chi connectivity index (χ0) is 23.1. The van der Waals surface area contributed by atoms with Crippen LogP contribution in [0, 0.1) is 13.8 Å². The molecule has 7 nitrogen and oxygen atoms in total. The number of thiophene rings is 1. The summed E-state index contributed by atoms with van der Waals surface area (Å²) >= 11 is 1.61. The van der Waals surface area contributed by atoms with Gasteiger partial charge in [0.15, 0.2) is 0 Å². The summed E-state index contributed by atoms with van der Waals surface area (Å²) in [5.41, 5.74) is 3.93. The van der Waals surface area contributed by atoms with E-state index in [9.17, 15) is 4.79 Å². The number of anilines is 2. The van der Waals surface area contributed by atoms with E-state index < -0.39 is 0 Å². The highest BCUT2D eigenvalue weighted by Gasteiger charge is 2.34. The van der Waals surface area contributed by atoms with Crippen molar-refractivity contribution in [1.82, 2.24) is 19.9 Å². The molecule has 1 amide bonds. The fourth-order valence-electron chi connectivity index (χ4n) is 4.05. The van der Waals surface area contributed by atoms with Crippen LogP contribution in [0.2, 0.25) is 0 Å². The molecule has 1 aromatic carbocycles. The van der Waals surface area contributed by atoms with Crippen molar-refractivity contribution in [2.45, 2.75) is 33.4 Å². The molecular formula is C25H23N5O2S. The molecule has 1 atom stereocenters. The lowest BCUT2D eigenvalue weighted by atomic mass is 10.1. The number of rotatable bonds is 5. The predicted octanol–water partition coefficient (Wildman–Crippen LogP) is 5.83. The van der Waals surface area contributed by atoms with Crippen molar-refractivity contribution in [2.24, 2.45) is 0 Å². The van der Waals surface area contributed by atoms with Gasteiger partial charge in [-0.15, -0.1) is 11.3 Å². The minimum atomic E-state index is -0.0691. The number of ether oxygens (including phenoxy) is 1. The molecular weight excluding hydrogens is 434 g/mol. The molecule has 33 heavy (non-hydrogen) atoms. The molecule has 8 heteroatoms. The third-order valence-electron chi connectivity index (χ3n) is 5.80. The number of benzene rings is 1. The number of nitrogens with one attached hydrogen (secondary N) is 1. The largest absolute Gasteiger partial charge is 0.455 e. The fourth-order valence-corrected chi connectivity index (χ4v) is 5.27. The molecule has 1 N–H and O–H groups in total. The quantitative estimate of drug-likeness (QED) is 0.380. The molecule has 0 aliphatic carbocycles. The number of aromatic nitrogens is 3. The van der Waals surface area contributed by atoms with Crippen LogP contribution < -0.4 is 10.1 Å². The summed E-state index contributed by atoms with van der Waals surface area (Å²) < 4.78 is 5.98. The average Bonchev–Trinajstić information content (AvgIpc) is 3.33. The van der Waals surface area contributed by atoms with Crippen molar-refractivity contribution in [3.8, 4) is 11.5 Å². The molecule has 0 saturated carbocycles. The Morgan fingerprint density at radius 2 is 2.09 bits per heavy atom. The molecule has 0 unspecified atom stereocenters. The molecule has 4 heterocycles. The highest BCUT2D eigenvalue weighted by atomic mass is 32.1. The molecule has 0 bridgehead atoms. The number of hydrogen-bond acceptors (Lipinski definition) is 7. The SMILES string of the molecule is C=CC(=O)N1Cc2c(sc3ncnc(Nc4ccc(Oc5ccc(C)nc5)c(C)c4)c23)[C@H]1C. The van der Waals surface area contributed by atoms with E-state index in [4.69, 9.17) is 4.74 Å². The number of nitrogens with zero attached hydrogens (tertiary/aromatic N) is 4. The Morgan fingerprint density at radius 3 is 2.82 bits per heavy atom. The van der Waals surface area contributed by atoms with Crippen LogP contribution in [0.15, 0.2) is 55.5 Å². The van der Waals surface area contributed by atoms with Gasteiger partial charge in [0.2, 0.25) is 5.91 Å². The number of fused-ring (bicyclic) bond motifs is 3. The van der Waals surface area contributed by atoms with Crippen molar-refractivity contribution in [1.29, 1.82) is 0 Å². The van der Waals surface area contributed by atoms with Gasteiger partial charge in [0.05, 0.1) is 17.6 Å². The first-order valence-electron chi connectivity index (χ1n) is 10.6. The second-order valence-electron chi connectivity index (χ2n) is 8.04. The minimum absolute atomic E-state index is 0.00695. The van der Waals surface area contributed by atoms with Crippen molar-refractivity contribution in [2.75, 3.05) is 5.32 Å². The van der Waals surface area contributed by atoms with Gasteiger partial charge in [-0.05, 0) is 62.7 Å². The first-order valence-corrected chi connectivity index (χ1v) is 11.4. The van der Waals surface area contributed by atoms with Crippen LogP contribution in [0.3, 0.4) is 0 Å². The van der Waals surface area contributed by atoms with Crippen molar-refractivity contribution < 1.29 is 9.53 Å². The maximum absolute atomic E-state index is 12.3. The molecule has 1 aliphatic rings. The molecule has 3 aromatic heterocycles. The Balaban J connectivity index is 1.44. The Kier molecular flexibility index (Phi) is 5.30. The van der Waals surface area contributed by atoms with E-state index in [1.165, 1.54) is 6.08 Å². The molecule has 5 rings (SSSR count). The van der Waals surface area contributed by atoms with Crippen LogP contribution in [0.4, 0.5) is 11.5 Å². The Labute approximate surface area is 195 Å². The molecule has 1 aliphatic heterocycles. The highest BCUT2D eigenvalue weighted by Crippen LogP contribution is 2.45. The van der Waals surface area contributed by atoms with Gasteiger partial charge in [-0.25, -0.2) is 9.97 Å². The zero-order valence-corrected chi connectivity index (χ0v) is 19.4. The summed E-state index contributed by atoms with van der Waals surface area (Å²) in [7, 11) is 0. The van der Waals surface area contributed by atoms with Crippen molar-refractivity contribution in [3.05, 3.63) is 77.2 Å². The molecule has 4 aromatic rings. The number of pyridine rings is 1. The Bertz CT molecular complexity index is 1380. The normalized spacial score (nSPS) is 14.9. The molecule has 0 spiro atoms. The number of carbonyl (C=O) groups excluding carboxylic acids is 1. The van der Waals surface area contributed by atoms with Gasteiger partial charge in [0, 0.05) is 28.4 Å². The number of carbonyl (C=O) groups is 1. The van der Waals surface area contributed by atoms with E-state index in [2.05, 4.69) is 26.8 Å². The summed E-state index contributed by atoms with van der Waals surface area (Å²) in [5.74, 6) is 2.13. The van der Waals surface area contributed by atoms with E-state index in [1.807, 2.05) is 56.0 Å². The van der Waals surface area contributed by atoms with E-state index in [1.54, 1.807) is 23.9 Å². The second-order valence-corrected chi connectivity index (χ2v) is 9.07. The monoisotopic (exact) mass is 457 g/mol. The maximum atomic E-state index is 12.3. The minimum Gasteiger partial charge on any atom is -0.455 e. The second kappa shape index (κ2) is 8.29. The average molecular weight is 458 g/mol. The first-order chi connectivity index (χ1) is 15.9. The smallest absolute Gasteiger partial charge is 0.246 e. The number of amides is 1. The van der Waals surface area contributed by atoms with Crippen LogP contribution in [0.25, 0.3) is 10.2 Å². The van der Waals surface area contributed by atoms with Crippen LogP contribution >= 0.6 is 11.3 Å². The number of hydrogen-bond donors (Lipinski definition) is 1. The van der Waals surface area contributed by atoms with Gasteiger partial charge in [-0.3, -0.25) is 9.78 Å². The van der Waals surface area contributed by atoms with Gasteiger partial charge in [-0.2, -0.15) is 0 Å². The van der Waals surface area contributed by atoms with Gasteiger partial charge in [-0.1, -0.05) is 6.58 Å². The van der Waals surface area contributed by atoms with Gasteiger partial charge >= 0.3 is 0 Å². The maximum Gasteiger partial charge on any atom is 0.246 e. The topological polar surface area (TPSA) is 80.2 Å². The Hall–Kier alpha value is -3.78. The number of aryl methyl sites for hydroxylation is 2. The zero-order valence-electron chi connectivity index (χ0n) is 18.6. The van der Waals surface area contributed by atoms with Crippen LogP contribution in [-0.4, -0.2) is 25.8 Å². The van der Waals surface area contributed by atoms with Crippen molar-refractivity contribution >= 4 is 39.0 Å². The van der Waals surface area contributed by atoms with Gasteiger partial charge in [0.1, 0.15) is 28.5 Å². The van der Waals surface area contributed by atoms with Crippen LogP contribution in [-0.2, 0) is 11.3 Å².